The number of ether oxygens (including phenoxy) is 4. The number of benzene rings is 4. The zero-order valence-corrected chi connectivity index (χ0v) is 20.4. The molecule has 6 rings (SSSR count). The molecule has 0 aromatic heterocycles. The average Bonchev–Trinajstić information content (AvgIpc) is 2.94. The molecule has 2 heterocycles. The van der Waals surface area contributed by atoms with Gasteiger partial charge in [0.05, 0.1) is 20.1 Å². The van der Waals surface area contributed by atoms with Gasteiger partial charge in [0.25, 0.3) is 5.79 Å². The number of hydrogen-bond acceptors (Lipinski definition) is 4. The molecule has 0 N–H and O–H groups in total. The van der Waals surface area contributed by atoms with Gasteiger partial charge in [-0.1, -0.05) is 84.9 Å². The van der Waals surface area contributed by atoms with E-state index in [-0.39, 0.29) is 11.8 Å². The van der Waals surface area contributed by atoms with Gasteiger partial charge in [-0.3, -0.25) is 0 Å². The lowest BCUT2D eigenvalue weighted by molar-refractivity contribution is -0.188. The summed E-state index contributed by atoms with van der Waals surface area (Å²) in [6, 6.07) is 32.5. The molecule has 0 spiro atoms. The fourth-order valence-corrected chi connectivity index (χ4v) is 5.58. The highest BCUT2D eigenvalue weighted by atomic mass is 16.7. The van der Waals surface area contributed by atoms with Crippen molar-refractivity contribution in [3.05, 3.63) is 125 Å². The van der Waals surface area contributed by atoms with Crippen LogP contribution in [0.4, 0.5) is 0 Å². The van der Waals surface area contributed by atoms with E-state index in [4.69, 9.17) is 18.9 Å². The third kappa shape index (κ3) is 3.61. The highest BCUT2D eigenvalue weighted by molar-refractivity contribution is 5.59. The van der Waals surface area contributed by atoms with Gasteiger partial charge in [-0.05, 0) is 36.2 Å². The Morgan fingerprint density at radius 2 is 1.36 bits per heavy atom. The van der Waals surface area contributed by atoms with Crippen LogP contribution in [-0.2, 0) is 12.2 Å². The van der Waals surface area contributed by atoms with E-state index in [1.54, 1.807) is 14.2 Å². The van der Waals surface area contributed by atoms with E-state index in [0.29, 0.717) is 0 Å². The quantitative estimate of drug-likeness (QED) is 0.311. The molecule has 0 saturated heterocycles. The van der Waals surface area contributed by atoms with Gasteiger partial charge in [-0.25, -0.2) is 0 Å². The van der Waals surface area contributed by atoms with Crippen LogP contribution in [0.3, 0.4) is 0 Å². The van der Waals surface area contributed by atoms with Gasteiger partial charge in [0.15, 0.2) is 0 Å². The number of methoxy groups -OCH3 is 2. The molecule has 4 nitrogen and oxygen atoms in total. The topological polar surface area (TPSA) is 36.9 Å². The van der Waals surface area contributed by atoms with Gasteiger partial charge in [-0.2, -0.15) is 0 Å². The molecule has 0 radical (unpaired) electrons. The summed E-state index contributed by atoms with van der Waals surface area (Å²) in [5, 5.41) is 0. The molecule has 0 unspecified atom stereocenters. The van der Waals surface area contributed by atoms with Crippen molar-refractivity contribution in [1.29, 1.82) is 0 Å². The third-order valence-corrected chi connectivity index (χ3v) is 7.23. The van der Waals surface area contributed by atoms with Crippen LogP contribution in [0.15, 0.2) is 103 Å². The molecule has 0 saturated carbocycles. The minimum atomic E-state index is -1.01. The Labute approximate surface area is 211 Å². The first kappa shape index (κ1) is 22.3. The lowest BCUT2D eigenvalue weighted by Crippen LogP contribution is -2.54. The zero-order valence-electron chi connectivity index (χ0n) is 20.4. The second kappa shape index (κ2) is 9.12. The Morgan fingerprint density at radius 3 is 2.08 bits per heavy atom. The lowest BCUT2D eigenvalue weighted by Gasteiger charge is -2.50. The number of rotatable bonds is 5. The van der Waals surface area contributed by atoms with E-state index >= 15 is 0 Å². The van der Waals surface area contributed by atoms with Crippen molar-refractivity contribution in [2.24, 2.45) is 5.92 Å². The van der Waals surface area contributed by atoms with Crippen LogP contribution >= 0.6 is 0 Å². The molecule has 2 aliphatic heterocycles. The summed E-state index contributed by atoms with van der Waals surface area (Å²) in [6.07, 6.45) is 5.17. The van der Waals surface area contributed by atoms with Gasteiger partial charge in [0.2, 0.25) is 0 Å². The van der Waals surface area contributed by atoms with E-state index in [1.165, 1.54) is 0 Å². The van der Waals surface area contributed by atoms with Crippen molar-refractivity contribution >= 4 is 6.08 Å². The van der Waals surface area contributed by atoms with Gasteiger partial charge < -0.3 is 18.9 Å². The average molecular weight is 477 g/mol. The van der Waals surface area contributed by atoms with Crippen LogP contribution < -0.4 is 18.9 Å². The fourth-order valence-electron chi connectivity index (χ4n) is 5.58. The molecule has 0 aliphatic carbocycles. The maximum atomic E-state index is 6.89. The molecule has 0 fully saturated rings. The number of hydrogen-bond donors (Lipinski definition) is 0. The first-order chi connectivity index (χ1) is 17.7. The van der Waals surface area contributed by atoms with Crippen molar-refractivity contribution in [2.75, 3.05) is 14.2 Å². The SMILES string of the molecule is COc1cccc2c1C[C@@H]1[C@H](/C=C/c3ccccc3)c3c(OC)cccc3O[C@]1(c1ccccc1)O2. The summed E-state index contributed by atoms with van der Waals surface area (Å²) < 4.78 is 25.4. The van der Waals surface area contributed by atoms with Crippen LogP contribution in [0, 0.1) is 5.92 Å². The third-order valence-electron chi connectivity index (χ3n) is 7.23. The van der Waals surface area contributed by atoms with Crippen LogP contribution in [-0.4, -0.2) is 14.2 Å². The van der Waals surface area contributed by atoms with Crippen LogP contribution in [0.5, 0.6) is 23.0 Å². The summed E-state index contributed by atoms with van der Waals surface area (Å²) in [4.78, 5) is 0. The Morgan fingerprint density at radius 1 is 0.722 bits per heavy atom. The van der Waals surface area contributed by atoms with E-state index < -0.39 is 5.79 Å². The number of fused-ring (bicyclic) bond motifs is 3. The van der Waals surface area contributed by atoms with Crippen molar-refractivity contribution in [1.82, 2.24) is 0 Å². The minimum absolute atomic E-state index is 0.0385. The monoisotopic (exact) mass is 476 g/mol. The van der Waals surface area contributed by atoms with E-state index in [1.807, 2.05) is 60.7 Å². The Kier molecular flexibility index (Phi) is 5.65. The summed E-state index contributed by atoms with van der Waals surface area (Å²) in [5.41, 5.74) is 4.21. The first-order valence-corrected chi connectivity index (χ1v) is 12.2. The standard InChI is InChI=1S/C32H28O4/c1-33-27-15-9-16-28-25(27)21-26-24(20-19-22-11-5-3-6-12-22)31-29(34-2)17-10-18-30(31)36-32(26,35-28)23-13-7-4-8-14-23/h3-20,24,26H,21H2,1-2H3/b20-19+/t24-,26+,32-/m0/s1. The Hall–Kier alpha value is -4.18. The molecule has 180 valence electrons. The van der Waals surface area contributed by atoms with Gasteiger partial charge in [-0.15, -0.1) is 0 Å². The molecule has 4 aromatic rings. The van der Waals surface area contributed by atoms with Crippen molar-refractivity contribution in [3.63, 3.8) is 0 Å². The van der Waals surface area contributed by atoms with Crippen molar-refractivity contribution in [3.8, 4) is 23.0 Å². The van der Waals surface area contributed by atoms with Crippen LogP contribution in [0.1, 0.15) is 28.2 Å². The molecule has 4 aromatic carbocycles. The lowest BCUT2D eigenvalue weighted by atomic mass is 9.70. The van der Waals surface area contributed by atoms with Crippen LogP contribution in [0.25, 0.3) is 6.08 Å². The van der Waals surface area contributed by atoms with E-state index in [9.17, 15) is 0 Å². The highest BCUT2D eigenvalue weighted by Gasteiger charge is 2.56. The second-order valence-corrected chi connectivity index (χ2v) is 9.15. The highest BCUT2D eigenvalue weighted by Crippen LogP contribution is 2.58. The van der Waals surface area contributed by atoms with Gasteiger partial charge in [0, 0.05) is 22.6 Å². The summed E-state index contributed by atoms with van der Waals surface area (Å²) >= 11 is 0. The fraction of sp³-hybridized carbons (Fsp3) is 0.188. The van der Waals surface area contributed by atoms with E-state index in [2.05, 4.69) is 48.6 Å². The smallest absolute Gasteiger partial charge is 0.281 e. The maximum Gasteiger partial charge on any atom is 0.281 e. The molecule has 0 amide bonds. The molecular formula is C32H28O4. The summed E-state index contributed by atoms with van der Waals surface area (Å²) in [5.74, 6) is 2.06. The van der Waals surface area contributed by atoms with Crippen molar-refractivity contribution in [2.45, 2.75) is 18.1 Å². The predicted molar refractivity (Wildman–Crippen MR) is 141 cm³/mol. The minimum Gasteiger partial charge on any atom is -0.496 e. The molecular weight excluding hydrogens is 448 g/mol. The normalized spacial score (nSPS) is 21.9. The summed E-state index contributed by atoms with van der Waals surface area (Å²) in [7, 11) is 3.42. The molecule has 2 aliphatic rings. The van der Waals surface area contributed by atoms with Gasteiger partial charge in [0.1, 0.15) is 23.0 Å². The van der Waals surface area contributed by atoms with Crippen LogP contribution in [0.2, 0.25) is 0 Å². The largest absolute Gasteiger partial charge is 0.496 e. The van der Waals surface area contributed by atoms with Gasteiger partial charge >= 0.3 is 0 Å². The second-order valence-electron chi connectivity index (χ2n) is 9.15. The zero-order chi connectivity index (χ0) is 24.5. The molecule has 4 heteroatoms. The Balaban J connectivity index is 1.59. The predicted octanol–water partition coefficient (Wildman–Crippen LogP) is 7.00. The maximum absolute atomic E-state index is 6.89. The number of allylic oxidation sites excluding steroid dienone is 1. The molecule has 3 atom stereocenters. The Bertz CT molecular complexity index is 1400. The van der Waals surface area contributed by atoms with Crippen molar-refractivity contribution < 1.29 is 18.9 Å². The van der Waals surface area contributed by atoms with E-state index in [0.717, 1.165) is 51.7 Å². The summed E-state index contributed by atoms with van der Waals surface area (Å²) in [6.45, 7) is 0. The molecule has 0 bridgehead atoms. The first-order valence-electron chi connectivity index (χ1n) is 12.2. The molecule has 36 heavy (non-hydrogen) atoms.